The lowest BCUT2D eigenvalue weighted by Gasteiger charge is -2.11. The highest BCUT2D eigenvalue weighted by molar-refractivity contribution is 7.92. The van der Waals surface area contributed by atoms with Crippen LogP contribution in [0.4, 0.5) is 23.2 Å². The molecule has 0 saturated carbocycles. The van der Waals surface area contributed by atoms with E-state index in [9.17, 15) is 26.0 Å². The zero-order chi connectivity index (χ0) is 19.8. The van der Waals surface area contributed by atoms with E-state index >= 15 is 0 Å². The molecule has 0 aliphatic carbocycles. The fourth-order valence-electron chi connectivity index (χ4n) is 2.14. The first-order valence-electron chi connectivity index (χ1n) is 7.05. The van der Waals surface area contributed by atoms with Gasteiger partial charge < -0.3 is 9.72 Å². The van der Waals surface area contributed by atoms with Crippen LogP contribution in [0, 0.1) is 11.6 Å². The number of hydrogen-bond acceptors (Lipinski definition) is 4. The molecule has 0 unspecified atom stereocenters. The normalized spacial score (nSPS) is 11.8. The van der Waals surface area contributed by atoms with Gasteiger partial charge >= 0.3 is 6.61 Å². The van der Waals surface area contributed by atoms with E-state index in [-0.39, 0.29) is 4.90 Å². The Morgan fingerprint density at radius 3 is 2.52 bits per heavy atom. The first kappa shape index (κ1) is 19.5. The number of alkyl halides is 2. The van der Waals surface area contributed by atoms with Crippen molar-refractivity contribution in [2.75, 3.05) is 4.72 Å². The number of sulfonamides is 1. The average Bonchev–Trinajstić information content (AvgIpc) is 3.20. The van der Waals surface area contributed by atoms with E-state index in [2.05, 4.69) is 9.72 Å². The molecule has 3 rings (SSSR count). The van der Waals surface area contributed by atoms with Crippen LogP contribution in [0.2, 0.25) is 4.34 Å². The standard InChI is InChI=1S/C15H9ClF4N2O3S2/c16-14-1-7(6-26-14)11-2-8(5-21-11)27(23,24)22-12-3-10(18)13(4-9(12)17)25-15(19)20/h1-6,15,21-22H. The molecule has 2 heterocycles. The Morgan fingerprint density at radius 2 is 1.89 bits per heavy atom. The van der Waals surface area contributed by atoms with Gasteiger partial charge in [0.2, 0.25) is 0 Å². The number of thiophene rings is 1. The number of aromatic amines is 1. The van der Waals surface area contributed by atoms with Gasteiger partial charge in [0, 0.05) is 35.0 Å². The van der Waals surface area contributed by atoms with Gasteiger partial charge in [0.1, 0.15) is 4.90 Å². The Kier molecular flexibility index (Phi) is 5.36. The van der Waals surface area contributed by atoms with E-state index < -0.39 is 39.7 Å². The number of nitrogens with one attached hydrogen (secondary N) is 2. The number of anilines is 1. The van der Waals surface area contributed by atoms with Crippen LogP contribution in [0.15, 0.2) is 40.7 Å². The summed E-state index contributed by atoms with van der Waals surface area (Å²) in [5.74, 6) is -3.67. The summed E-state index contributed by atoms with van der Waals surface area (Å²) < 4.78 is 82.9. The Morgan fingerprint density at radius 1 is 1.15 bits per heavy atom. The molecule has 12 heteroatoms. The summed E-state index contributed by atoms with van der Waals surface area (Å²) in [5.41, 5.74) is 0.346. The number of hydrogen-bond donors (Lipinski definition) is 2. The van der Waals surface area contributed by atoms with Crippen LogP contribution in [-0.2, 0) is 10.0 Å². The maximum atomic E-state index is 14.0. The molecule has 0 bridgehead atoms. The summed E-state index contributed by atoms with van der Waals surface area (Å²) >= 11 is 7.08. The number of aromatic nitrogens is 1. The third-order valence-corrected chi connectivity index (χ3v) is 5.76. The summed E-state index contributed by atoms with van der Waals surface area (Å²) in [7, 11) is -4.28. The van der Waals surface area contributed by atoms with E-state index in [0.717, 1.165) is 6.20 Å². The van der Waals surface area contributed by atoms with Crippen LogP contribution in [0.25, 0.3) is 11.3 Å². The first-order chi connectivity index (χ1) is 12.7. The van der Waals surface area contributed by atoms with Gasteiger partial charge in [-0.15, -0.1) is 11.3 Å². The van der Waals surface area contributed by atoms with E-state index in [1.54, 1.807) is 11.4 Å². The van der Waals surface area contributed by atoms with Crippen molar-refractivity contribution in [2.24, 2.45) is 0 Å². The molecule has 0 amide bonds. The summed E-state index contributed by atoms with van der Waals surface area (Å²) in [6, 6.07) is 3.65. The topological polar surface area (TPSA) is 71.2 Å². The lowest BCUT2D eigenvalue weighted by atomic mass is 10.2. The second-order valence-corrected chi connectivity index (χ2v) is 8.36. The lowest BCUT2D eigenvalue weighted by molar-refractivity contribution is -0.0523. The lowest BCUT2D eigenvalue weighted by Crippen LogP contribution is -2.14. The van der Waals surface area contributed by atoms with Gasteiger partial charge in [0.25, 0.3) is 10.0 Å². The number of rotatable bonds is 6. The van der Waals surface area contributed by atoms with Crippen molar-refractivity contribution >= 4 is 38.6 Å². The minimum atomic E-state index is -4.28. The molecule has 5 nitrogen and oxygen atoms in total. The summed E-state index contributed by atoms with van der Waals surface area (Å²) in [5, 5.41) is 1.70. The zero-order valence-corrected chi connectivity index (χ0v) is 15.4. The van der Waals surface area contributed by atoms with E-state index in [4.69, 9.17) is 11.6 Å². The Balaban J connectivity index is 1.87. The second-order valence-electron chi connectivity index (χ2n) is 5.14. The molecule has 2 aromatic heterocycles. The molecule has 0 atom stereocenters. The highest BCUT2D eigenvalue weighted by atomic mass is 35.5. The van der Waals surface area contributed by atoms with Crippen molar-refractivity contribution < 1.29 is 30.7 Å². The second kappa shape index (κ2) is 7.41. The predicted molar refractivity (Wildman–Crippen MR) is 92.9 cm³/mol. The number of halogens is 5. The third kappa shape index (κ3) is 4.37. The maximum Gasteiger partial charge on any atom is 0.387 e. The molecule has 0 saturated heterocycles. The molecule has 0 aliphatic heterocycles. The molecule has 0 radical (unpaired) electrons. The van der Waals surface area contributed by atoms with Crippen LogP contribution in [0.3, 0.4) is 0 Å². The molecular weight excluding hydrogens is 432 g/mol. The molecule has 27 heavy (non-hydrogen) atoms. The first-order valence-corrected chi connectivity index (χ1v) is 9.79. The van der Waals surface area contributed by atoms with Gasteiger partial charge in [-0.25, -0.2) is 17.2 Å². The predicted octanol–water partition coefficient (Wildman–Crippen LogP) is 5.08. The van der Waals surface area contributed by atoms with Crippen LogP contribution in [-0.4, -0.2) is 20.0 Å². The number of H-pyrrole nitrogens is 1. The highest BCUT2D eigenvalue weighted by Gasteiger charge is 2.21. The van der Waals surface area contributed by atoms with Gasteiger partial charge in [-0.05, 0) is 12.1 Å². The van der Waals surface area contributed by atoms with Crippen molar-refractivity contribution in [1.82, 2.24) is 4.98 Å². The molecule has 2 N–H and O–H groups in total. The summed E-state index contributed by atoms with van der Waals surface area (Å²) in [6.07, 6.45) is 1.16. The van der Waals surface area contributed by atoms with Gasteiger partial charge in [-0.1, -0.05) is 11.6 Å². The Hall–Kier alpha value is -2.24. The highest BCUT2D eigenvalue weighted by Crippen LogP contribution is 2.31. The van der Waals surface area contributed by atoms with Crippen molar-refractivity contribution in [3.8, 4) is 17.0 Å². The van der Waals surface area contributed by atoms with Gasteiger partial charge in [-0.3, -0.25) is 4.72 Å². The fraction of sp³-hybridized carbons (Fsp3) is 0.0667. The number of ether oxygens (including phenoxy) is 1. The minimum absolute atomic E-state index is 0.243. The SMILES string of the molecule is O=S(=O)(Nc1cc(F)c(OC(F)F)cc1F)c1c[nH]c(-c2csc(Cl)c2)c1. The molecular formula is C15H9ClF4N2O3S2. The Bertz CT molecular complexity index is 1080. The van der Waals surface area contributed by atoms with Gasteiger partial charge in [-0.2, -0.15) is 8.78 Å². The van der Waals surface area contributed by atoms with E-state index in [0.29, 0.717) is 27.7 Å². The largest absolute Gasteiger partial charge is 0.432 e. The van der Waals surface area contributed by atoms with Crippen LogP contribution in [0.5, 0.6) is 5.75 Å². The van der Waals surface area contributed by atoms with Gasteiger partial charge in [0.05, 0.1) is 10.0 Å². The van der Waals surface area contributed by atoms with Crippen molar-refractivity contribution in [1.29, 1.82) is 0 Å². The van der Waals surface area contributed by atoms with Crippen molar-refractivity contribution in [3.63, 3.8) is 0 Å². The fourth-order valence-corrected chi connectivity index (χ4v) is 4.08. The average molecular weight is 441 g/mol. The molecule has 0 spiro atoms. The summed E-state index contributed by atoms with van der Waals surface area (Å²) in [4.78, 5) is 2.50. The monoisotopic (exact) mass is 440 g/mol. The molecule has 1 aromatic carbocycles. The molecule has 0 fully saturated rings. The van der Waals surface area contributed by atoms with Crippen LogP contribution < -0.4 is 9.46 Å². The Labute approximate surface area is 159 Å². The zero-order valence-electron chi connectivity index (χ0n) is 13.0. The molecule has 144 valence electrons. The molecule has 0 aliphatic rings. The van der Waals surface area contributed by atoms with Crippen LogP contribution >= 0.6 is 22.9 Å². The van der Waals surface area contributed by atoms with Crippen molar-refractivity contribution in [2.45, 2.75) is 11.5 Å². The summed E-state index contributed by atoms with van der Waals surface area (Å²) in [6.45, 7) is -3.36. The number of benzene rings is 1. The maximum absolute atomic E-state index is 14.0. The van der Waals surface area contributed by atoms with E-state index in [1.807, 2.05) is 4.72 Å². The smallest absolute Gasteiger partial charge is 0.387 e. The minimum Gasteiger partial charge on any atom is -0.432 e. The van der Waals surface area contributed by atoms with Crippen molar-refractivity contribution in [3.05, 3.63) is 51.8 Å². The van der Waals surface area contributed by atoms with Gasteiger partial charge in [0.15, 0.2) is 17.4 Å². The molecule has 3 aromatic rings. The third-order valence-electron chi connectivity index (χ3n) is 3.33. The van der Waals surface area contributed by atoms with Crippen LogP contribution in [0.1, 0.15) is 0 Å². The quantitative estimate of drug-likeness (QED) is 0.525. The van der Waals surface area contributed by atoms with E-state index in [1.165, 1.54) is 17.4 Å².